The van der Waals surface area contributed by atoms with Gasteiger partial charge in [-0.3, -0.25) is 0 Å². The van der Waals surface area contributed by atoms with Crippen LogP contribution in [0.2, 0.25) is 4.47 Å². The quantitative estimate of drug-likeness (QED) is 0.872. The average molecular weight is 312 g/mol. The minimum Gasteiger partial charge on any atom is -0.374 e. The van der Waals surface area contributed by atoms with Gasteiger partial charge in [-0.25, -0.2) is 18.1 Å². The molecule has 1 atom stereocenters. The van der Waals surface area contributed by atoms with Gasteiger partial charge in [-0.2, -0.15) is 0 Å². The molecule has 18 heavy (non-hydrogen) atoms. The highest BCUT2D eigenvalue weighted by molar-refractivity contribution is 7.91. The molecule has 6 nitrogen and oxygen atoms in total. The van der Waals surface area contributed by atoms with E-state index in [0.717, 1.165) is 17.9 Å². The van der Waals surface area contributed by atoms with E-state index in [1.54, 1.807) is 0 Å². The lowest BCUT2D eigenvalue weighted by atomic mass is 10.3. The van der Waals surface area contributed by atoms with E-state index in [0.29, 0.717) is 13.2 Å². The molecule has 2 rings (SSSR count). The summed E-state index contributed by atoms with van der Waals surface area (Å²) < 4.78 is 32.1. The SMILES string of the molecule is CN1CCOC(CNS(=O)(=O)c2cnc(Cl)s2)C1. The number of aromatic nitrogens is 1. The Balaban J connectivity index is 1.93. The zero-order valence-electron chi connectivity index (χ0n) is 9.80. The fourth-order valence-electron chi connectivity index (χ4n) is 1.63. The number of nitrogens with zero attached hydrogens (tertiary/aromatic N) is 2. The predicted octanol–water partition coefficient (Wildman–Crippen LogP) is 0.405. The number of likely N-dealkylation sites (N-methyl/N-ethyl adjacent to an activating group) is 1. The topological polar surface area (TPSA) is 71.5 Å². The van der Waals surface area contributed by atoms with Crippen LogP contribution in [0.3, 0.4) is 0 Å². The van der Waals surface area contributed by atoms with E-state index in [2.05, 4.69) is 14.6 Å². The van der Waals surface area contributed by atoms with Gasteiger partial charge in [-0.1, -0.05) is 22.9 Å². The van der Waals surface area contributed by atoms with Crippen molar-refractivity contribution in [3.63, 3.8) is 0 Å². The Labute approximate surface area is 115 Å². The second-order valence-electron chi connectivity index (χ2n) is 4.04. The third kappa shape index (κ3) is 3.62. The first kappa shape index (κ1) is 14.2. The van der Waals surface area contributed by atoms with Gasteiger partial charge >= 0.3 is 0 Å². The molecule has 1 saturated heterocycles. The van der Waals surface area contributed by atoms with Crippen molar-refractivity contribution in [3.05, 3.63) is 10.7 Å². The van der Waals surface area contributed by atoms with Gasteiger partial charge in [-0.05, 0) is 7.05 Å². The van der Waals surface area contributed by atoms with Crippen LogP contribution in [0.15, 0.2) is 10.4 Å². The van der Waals surface area contributed by atoms with Gasteiger partial charge in [0.15, 0.2) is 8.68 Å². The van der Waals surface area contributed by atoms with E-state index in [1.165, 1.54) is 6.20 Å². The van der Waals surface area contributed by atoms with Crippen molar-refractivity contribution in [2.45, 2.75) is 10.3 Å². The van der Waals surface area contributed by atoms with E-state index >= 15 is 0 Å². The van der Waals surface area contributed by atoms with Gasteiger partial charge in [0.2, 0.25) is 0 Å². The Morgan fingerprint density at radius 3 is 3.11 bits per heavy atom. The molecule has 0 radical (unpaired) electrons. The van der Waals surface area contributed by atoms with Crippen molar-refractivity contribution in [1.29, 1.82) is 0 Å². The molecule has 1 aliphatic rings. The monoisotopic (exact) mass is 311 g/mol. The summed E-state index contributed by atoms with van der Waals surface area (Å²) in [5.74, 6) is 0. The summed E-state index contributed by atoms with van der Waals surface area (Å²) in [4.78, 5) is 5.82. The molecule has 1 aliphatic heterocycles. The molecular weight excluding hydrogens is 298 g/mol. The Morgan fingerprint density at radius 2 is 2.50 bits per heavy atom. The van der Waals surface area contributed by atoms with Gasteiger partial charge in [0.25, 0.3) is 10.0 Å². The van der Waals surface area contributed by atoms with E-state index < -0.39 is 10.0 Å². The molecule has 1 N–H and O–H groups in total. The molecule has 2 heterocycles. The minimum absolute atomic E-state index is 0.122. The van der Waals surface area contributed by atoms with E-state index in [4.69, 9.17) is 16.3 Å². The van der Waals surface area contributed by atoms with Crippen LogP contribution in [-0.2, 0) is 14.8 Å². The van der Waals surface area contributed by atoms with Crippen molar-refractivity contribution in [1.82, 2.24) is 14.6 Å². The lowest BCUT2D eigenvalue weighted by molar-refractivity contribution is -0.0156. The molecule has 0 aromatic carbocycles. The van der Waals surface area contributed by atoms with Crippen LogP contribution in [0, 0.1) is 0 Å². The molecule has 0 aliphatic carbocycles. The fourth-order valence-corrected chi connectivity index (χ4v) is 4.03. The van der Waals surface area contributed by atoms with Crippen LogP contribution in [0.25, 0.3) is 0 Å². The van der Waals surface area contributed by atoms with Gasteiger partial charge < -0.3 is 9.64 Å². The molecule has 0 amide bonds. The average Bonchev–Trinajstić information content (AvgIpc) is 2.74. The van der Waals surface area contributed by atoms with Crippen LogP contribution < -0.4 is 4.72 Å². The largest absolute Gasteiger partial charge is 0.374 e. The molecule has 0 spiro atoms. The molecule has 0 saturated carbocycles. The summed E-state index contributed by atoms with van der Waals surface area (Å²) in [6.45, 7) is 2.46. The first-order chi connectivity index (χ1) is 8.47. The second kappa shape index (κ2) is 5.81. The van der Waals surface area contributed by atoms with Gasteiger partial charge in [-0.15, -0.1) is 0 Å². The van der Waals surface area contributed by atoms with Gasteiger partial charge in [0, 0.05) is 19.6 Å². The lowest BCUT2D eigenvalue weighted by Crippen LogP contribution is -2.45. The summed E-state index contributed by atoms with van der Waals surface area (Å²) in [7, 11) is -1.55. The van der Waals surface area contributed by atoms with Crippen LogP contribution >= 0.6 is 22.9 Å². The molecular formula is C9H14ClN3O3S2. The number of nitrogens with one attached hydrogen (secondary N) is 1. The van der Waals surface area contributed by atoms with Crippen LogP contribution in [-0.4, -0.2) is 57.7 Å². The second-order valence-corrected chi connectivity index (χ2v) is 7.65. The third-order valence-electron chi connectivity index (χ3n) is 2.56. The van der Waals surface area contributed by atoms with Crippen molar-refractivity contribution in [2.24, 2.45) is 0 Å². The molecule has 9 heteroatoms. The van der Waals surface area contributed by atoms with E-state index in [9.17, 15) is 8.42 Å². The number of rotatable bonds is 4. The number of sulfonamides is 1. The number of thiazole rings is 1. The zero-order chi connectivity index (χ0) is 13.2. The molecule has 1 fully saturated rings. The van der Waals surface area contributed by atoms with Gasteiger partial charge in [0.1, 0.15) is 0 Å². The number of hydrogen-bond acceptors (Lipinski definition) is 6. The van der Waals surface area contributed by atoms with Gasteiger partial charge in [0.05, 0.1) is 18.9 Å². The fraction of sp³-hybridized carbons (Fsp3) is 0.667. The maximum Gasteiger partial charge on any atom is 0.251 e. The summed E-state index contributed by atoms with van der Waals surface area (Å²) in [5.41, 5.74) is 0. The first-order valence-corrected chi connectivity index (χ1v) is 8.06. The maximum atomic E-state index is 11.9. The molecule has 1 unspecified atom stereocenters. The third-order valence-corrected chi connectivity index (χ3v) is 5.56. The van der Waals surface area contributed by atoms with Crippen LogP contribution in [0.5, 0.6) is 0 Å². The smallest absolute Gasteiger partial charge is 0.251 e. The lowest BCUT2D eigenvalue weighted by Gasteiger charge is -2.29. The number of hydrogen-bond donors (Lipinski definition) is 1. The van der Waals surface area contributed by atoms with E-state index in [-0.39, 0.29) is 21.3 Å². The normalized spacial score (nSPS) is 22.2. The maximum absolute atomic E-state index is 11.9. The highest BCUT2D eigenvalue weighted by Gasteiger charge is 2.22. The van der Waals surface area contributed by atoms with Crippen LogP contribution in [0.4, 0.5) is 0 Å². The summed E-state index contributed by atoms with van der Waals surface area (Å²) in [6, 6.07) is 0. The highest BCUT2D eigenvalue weighted by Crippen LogP contribution is 2.22. The number of morpholine rings is 1. The summed E-state index contributed by atoms with van der Waals surface area (Å²) in [6.07, 6.45) is 1.13. The molecule has 1 aromatic rings. The van der Waals surface area contributed by atoms with Crippen LogP contribution in [0.1, 0.15) is 0 Å². The van der Waals surface area contributed by atoms with Crippen molar-refractivity contribution in [2.75, 3.05) is 33.3 Å². The zero-order valence-corrected chi connectivity index (χ0v) is 12.2. The number of halogens is 1. The molecule has 1 aromatic heterocycles. The van der Waals surface area contributed by atoms with Crippen molar-refractivity contribution >= 4 is 33.0 Å². The van der Waals surface area contributed by atoms with Crippen molar-refractivity contribution < 1.29 is 13.2 Å². The Kier molecular flexibility index (Phi) is 4.57. The first-order valence-electron chi connectivity index (χ1n) is 5.38. The van der Waals surface area contributed by atoms with Crippen molar-refractivity contribution in [3.8, 4) is 0 Å². The minimum atomic E-state index is -3.53. The summed E-state index contributed by atoms with van der Waals surface area (Å²) >= 11 is 6.55. The molecule has 102 valence electrons. The Bertz CT molecular complexity index is 505. The molecule has 0 bridgehead atoms. The highest BCUT2D eigenvalue weighted by atomic mass is 35.5. The van der Waals surface area contributed by atoms with E-state index in [1.807, 2.05) is 7.05 Å². The Morgan fingerprint density at radius 1 is 1.72 bits per heavy atom. The summed E-state index contributed by atoms with van der Waals surface area (Å²) in [5, 5.41) is 0. The standard InChI is InChI=1S/C9H14ClN3O3S2/c1-13-2-3-16-7(6-13)4-12-18(14,15)8-5-11-9(10)17-8/h5,7,12H,2-4,6H2,1H3. The Hall–Kier alpha value is -0.250. The number of ether oxygens (including phenoxy) is 1. The predicted molar refractivity (Wildman–Crippen MR) is 69.5 cm³/mol.